The number of rotatable bonds is 4. The molecule has 20 heavy (non-hydrogen) atoms. The van der Waals surface area contributed by atoms with Crippen molar-refractivity contribution >= 4 is 27.0 Å². The maximum Gasteiger partial charge on any atom is 0.241 e. The number of anilines is 1. The average molecular weight is 311 g/mol. The van der Waals surface area contributed by atoms with Gasteiger partial charge in [-0.05, 0) is 44.0 Å². The van der Waals surface area contributed by atoms with E-state index in [0.29, 0.717) is 11.3 Å². The van der Waals surface area contributed by atoms with Gasteiger partial charge in [0, 0.05) is 23.3 Å². The third kappa shape index (κ3) is 3.17. The molecule has 0 atom stereocenters. The third-order valence-corrected chi connectivity index (χ3v) is 5.38. The Labute approximate surface area is 122 Å². The molecule has 0 bridgehead atoms. The Morgan fingerprint density at radius 1 is 1.30 bits per heavy atom. The summed E-state index contributed by atoms with van der Waals surface area (Å²) in [6, 6.07) is 3.40. The van der Waals surface area contributed by atoms with Crippen LogP contribution in [0.3, 0.4) is 0 Å². The fourth-order valence-corrected chi connectivity index (χ4v) is 4.05. The fraction of sp³-hybridized carbons (Fsp3) is 0.308. The highest BCUT2D eigenvalue weighted by atomic mass is 32.2. The van der Waals surface area contributed by atoms with Gasteiger partial charge in [-0.1, -0.05) is 0 Å². The molecular weight excluding hydrogens is 294 g/mol. The molecule has 0 spiro atoms. The number of thiazole rings is 1. The second kappa shape index (κ2) is 5.51. The Bertz CT molecular complexity index is 736. The zero-order chi connectivity index (χ0) is 14.9. The SMILES string of the molecule is Cc1cc(N)c(C)c(S(=O)(=O)NCc2cnc(C)s2)c1. The lowest BCUT2D eigenvalue weighted by Crippen LogP contribution is -2.24. The van der Waals surface area contributed by atoms with Crippen molar-refractivity contribution in [3.05, 3.63) is 39.3 Å². The molecule has 5 nitrogen and oxygen atoms in total. The van der Waals surface area contributed by atoms with Crippen molar-refractivity contribution in [1.82, 2.24) is 9.71 Å². The molecule has 0 aliphatic carbocycles. The van der Waals surface area contributed by atoms with Crippen LogP contribution >= 0.6 is 11.3 Å². The van der Waals surface area contributed by atoms with Crippen LogP contribution in [-0.4, -0.2) is 13.4 Å². The molecule has 2 aromatic rings. The first kappa shape index (κ1) is 15.0. The Balaban J connectivity index is 2.27. The molecule has 0 unspecified atom stereocenters. The van der Waals surface area contributed by atoms with Crippen molar-refractivity contribution in [1.29, 1.82) is 0 Å². The van der Waals surface area contributed by atoms with E-state index in [9.17, 15) is 8.42 Å². The number of benzene rings is 1. The monoisotopic (exact) mass is 311 g/mol. The van der Waals surface area contributed by atoms with Crippen molar-refractivity contribution in [3.63, 3.8) is 0 Å². The summed E-state index contributed by atoms with van der Waals surface area (Å²) in [5.74, 6) is 0. The fourth-order valence-electron chi connectivity index (χ4n) is 1.86. The summed E-state index contributed by atoms with van der Waals surface area (Å²) in [5, 5.41) is 0.912. The molecule has 0 saturated heterocycles. The Morgan fingerprint density at radius 2 is 2.00 bits per heavy atom. The summed E-state index contributed by atoms with van der Waals surface area (Å²) in [4.78, 5) is 5.21. The van der Waals surface area contributed by atoms with Crippen LogP contribution in [0.1, 0.15) is 21.0 Å². The topological polar surface area (TPSA) is 85.1 Å². The summed E-state index contributed by atoms with van der Waals surface area (Å²) in [6.45, 7) is 5.65. The quantitative estimate of drug-likeness (QED) is 0.847. The minimum Gasteiger partial charge on any atom is -0.398 e. The van der Waals surface area contributed by atoms with Gasteiger partial charge in [-0.15, -0.1) is 11.3 Å². The van der Waals surface area contributed by atoms with E-state index in [-0.39, 0.29) is 11.4 Å². The van der Waals surface area contributed by atoms with E-state index in [0.717, 1.165) is 15.4 Å². The minimum absolute atomic E-state index is 0.233. The molecular formula is C13H17N3O2S2. The third-order valence-electron chi connectivity index (χ3n) is 2.94. The van der Waals surface area contributed by atoms with Crippen LogP contribution in [-0.2, 0) is 16.6 Å². The number of aromatic nitrogens is 1. The zero-order valence-corrected chi connectivity index (χ0v) is 13.2. The molecule has 0 radical (unpaired) electrons. The van der Waals surface area contributed by atoms with Crippen molar-refractivity contribution in [2.45, 2.75) is 32.2 Å². The number of nitrogens with zero attached hydrogens (tertiary/aromatic N) is 1. The Morgan fingerprint density at radius 3 is 2.60 bits per heavy atom. The first-order valence-electron chi connectivity index (χ1n) is 6.07. The van der Waals surface area contributed by atoms with Gasteiger partial charge in [0.05, 0.1) is 9.90 Å². The van der Waals surface area contributed by atoms with Gasteiger partial charge in [-0.25, -0.2) is 18.1 Å². The van der Waals surface area contributed by atoms with E-state index in [1.165, 1.54) is 11.3 Å². The largest absolute Gasteiger partial charge is 0.398 e. The summed E-state index contributed by atoms with van der Waals surface area (Å²) in [7, 11) is -3.58. The molecule has 2 rings (SSSR count). The normalized spacial score (nSPS) is 11.8. The number of nitrogens with two attached hydrogens (primary N) is 1. The highest BCUT2D eigenvalue weighted by molar-refractivity contribution is 7.89. The molecule has 0 aliphatic heterocycles. The molecule has 7 heteroatoms. The van der Waals surface area contributed by atoms with Gasteiger partial charge in [0.25, 0.3) is 0 Å². The van der Waals surface area contributed by atoms with E-state index < -0.39 is 10.0 Å². The number of aryl methyl sites for hydroxylation is 2. The van der Waals surface area contributed by atoms with Crippen LogP contribution < -0.4 is 10.5 Å². The lowest BCUT2D eigenvalue weighted by atomic mass is 10.1. The van der Waals surface area contributed by atoms with Gasteiger partial charge in [0.2, 0.25) is 10.0 Å². The molecule has 3 N–H and O–H groups in total. The molecule has 1 heterocycles. The van der Waals surface area contributed by atoms with Gasteiger partial charge >= 0.3 is 0 Å². The second-order valence-corrected chi connectivity index (χ2v) is 7.70. The van der Waals surface area contributed by atoms with Gasteiger partial charge in [-0.3, -0.25) is 0 Å². The molecule has 108 valence electrons. The summed E-state index contributed by atoms with van der Waals surface area (Å²) >= 11 is 1.47. The number of sulfonamides is 1. The lowest BCUT2D eigenvalue weighted by molar-refractivity contribution is 0.581. The average Bonchev–Trinajstić information content (AvgIpc) is 2.77. The summed E-state index contributed by atoms with van der Waals surface area (Å²) < 4.78 is 27.3. The highest BCUT2D eigenvalue weighted by Crippen LogP contribution is 2.23. The van der Waals surface area contributed by atoms with Crippen LogP contribution in [0.15, 0.2) is 23.2 Å². The molecule has 0 saturated carbocycles. The van der Waals surface area contributed by atoms with Crippen molar-refractivity contribution < 1.29 is 8.42 Å². The lowest BCUT2D eigenvalue weighted by Gasteiger charge is -2.11. The van der Waals surface area contributed by atoms with E-state index >= 15 is 0 Å². The van der Waals surface area contributed by atoms with Crippen LogP contribution in [0.25, 0.3) is 0 Å². The smallest absolute Gasteiger partial charge is 0.241 e. The second-order valence-electron chi connectivity index (χ2n) is 4.65. The molecule has 0 aliphatic rings. The first-order chi connectivity index (χ1) is 9.29. The van der Waals surface area contributed by atoms with Crippen molar-refractivity contribution in [2.75, 3.05) is 5.73 Å². The van der Waals surface area contributed by atoms with Crippen molar-refractivity contribution in [2.24, 2.45) is 0 Å². The van der Waals surface area contributed by atoms with E-state index in [4.69, 9.17) is 5.73 Å². The summed E-state index contributed by atoms with van der Waals surface area (Å²) in [6.07, 6.45) is 1.68. The highest BCUT2D eigenvalue weighted by Gasteiger charge is 2.18. The van der Waals surface area contributed by atoms with Crippen molar-refractivity contribution in [3.8, 4) is 0 Å². The zero-order valence-electron chi connectivity index (χ0n) is 11.6. The predicted octanol–water partition coefficient (Wildman–Crippen LogP) is 2.13. The van der Waals surface area contributed by atoms with Crippen LogP contribution in [0, 0.1) is 20.8 Å². The molecule has 1 aromatic carbocycles. The minimum atomic E-state index is -3.58. The molecule has 1 aromatic heterocycles. The van der Waals surface area contributed by atoms with Gasteiger partial charge in [-0.2, -0.15) is 0 Å². The predicted molar refractivity (Wildman–Crippen MR) is 81.2 cm³/mol. The number of nitrogens with one attached hydrogen (secondary N) is 1. The standard InChI is InChI=1S/C13H17N3O2S2/c1-8-4-12(14)9(2)13(5-8)20(17,18)16-7-11-6-15-10(3)19-11/h4-6,16H,7,14H2,1-3H3. The number of hydrogen-bond acceptors (Lipinski definition) is 5. The van der Waals surface area contributed by atoms with Gasteiger partial charge in [0.1, 0.15) is 0 Å². The summed E-state index contributed by atoms with van der Waals surface area (Å²) in [5.41, 5.74) is 7.71. The van der Waals surface area contributed by atoms with E-state index in [1.807, 2.05) is 13.8 Å². The maximum atomic E-state index is 12.4. The van der Waals surface area contributed by atoms with Gasteiger partial charge in [0.15, 0.2) is 0 Å². The van der Waals surface area contributed by atoms with E-state index in [2.05, 4.69) is 9.71 Å². The van der Waals surface area contributed by atoms with E-state index in [1.54, 1.807) is 25.3 Å². The Kier molecular flexibility index (Phi) is 4.12. The molecule has 0 amide bonds. The molecule has 0 fully saturated rings. The van der Waals surface area contributed by atoms with Crippen LogP contribution in [0.5, 0.6) is 0 Å². The maximum absolute atomic E-state index is 12.4. The first-order valence-corrected chi connectivity index (χ1v) is 8.37. The van der Waals surface area contributed by atoms with Gasteiger partial charge < -0.3 is 5.73 Å². The van der Waals surface area contributed by atoms with Crippen LogP contribution in [0.2, 0.25) is 0 Å². The number of nitrogen functional groups attached to an aromatic ring is 1. The number of hydrogen-bond donors (Lipinski definition) is 2. The van der Waals surface area contributed by atoms with Crippen LogP contribution in [0.4, 0.5) is 5.69 Å². The Hall–Kier alpha value is -1.44.